The number of nitrogens with zero attached hydrogens (tertiary/aromatic N) is 1. The van der Waals surface area contributed by atoms with E-state index in [0.29, 0.717) is 19.0 Å². The highest BCUT2D eigenvalue weighted by Crippen LogP contribution is 2.21. The molecule has 29 heavy (non-hydrogen) atoms. The average Bonchev–Trinajstić information content (AvgIpc) is 3.26. The molecule has 0 saturated carbocycles. The molecule has 6 nitrogen and oxygen atoms in total. The summed E-state index contributed by atoms with van der Waals surface area (Å²) in [5, 5.41) is 6.70. The molecule has 1 saturated heterocycles. The van der Waals surface area contributed by atoms with Gasteiger partial charge in [0.2, 0.25) is 0 Å². The number of halogens is 1. The lowest BCUT2D eigenvalue weighted by Crippen LogP contribution is -2.40. The van der Waals surface area contributed by atoms with Gasteiger partial charge in [0, 0.05) is 19.6 Å². The summed E-state index contributed by atoms with van der Waals surface area (Å²) in [6.07, 6.45) is 5.90. The summed E-state index contributed by atoms with van der Waals surface area (Å²) in [6, 6.07) is 8.68. The zero-order chi connectivity index (χ0) is 20.5. The molecule has 7 heteroatoms. The number of hydrogen-bond acceptors (Lipinski definition) is 4. The largest absolute Gasteiger partial charge is 0.494 e. The van der Waals surface area contributed by atoms with Crippen LogP contribution in [-0.4, -0.2) is 38.9 Å². The molecule has 3 rings (SSSR count). The van der Waals surface area contributed by atoms with Gasteiger partial charge in [0.1, 0.15) is 5.76 Å². The maximum absolute atomic E-state index is 14.1. The first kappa shape index (κ1) is 21.2. The van der Waals surface area contributed by atoms with Crippen molar-refractivity contribution < 1.29 is 18.3 Å². The first-order valence-corrected chi connectivity index (χ1v) is 10.2. The molecule has 0 spiro atoms. The Morgan fingerprint density at radius 2 is 2.24 bits per heavy atom. The first-order chi connectivity index (χ1) is 14.2. The van der Waals surface area contributed by atoms with Crippen molar-refractivity contribution in [2.75, 3.05) is 26.8 Å². The molecular weight excluding hydrogens is 373 g/mol. The second-order valence-corrected chi connectivity index (χ2v) is 7.19. The van der Waals surface area contributed by atoms with Crippen LogP contribution in [0.2, 0.25) is 0 Å². The van der Waals surface area contributed by atoms with Gasteiger partial charge in [-0.1, -0.05) is 6.07 Å². The minimum Gasteiger partial charge on any atom is -0.494 e. The van der Waals surface area contributed by atoms with Gasteiger partial charge in [0.05, 0.1) is 32.1 Å². The van der Waals surface area contributed by atoms with Crippen LogP contribution >= 0.6 is 0 Å². The van der Waals surface area contributed by atoms with E-state index in [0.717, 1.165) is 37.2 Å². The molecule has 2 N–H and O–H groups in total. The number of ether oxygens (including phenoxy) is 2. The summed E-state index contributed by atoms with van der Waals surface area (Å²) < 4.78 is 30.2. The van der Waals surface area contributed by atoms with Crippen LogP contribution in [0.3, 0.4) is 0 Å². The molecule has 0 bridgehead atoms. The van der Waals surface area contributed by atoms with Gasteiger partial charge in [-0.15, -0.1) is 0 Å². The zero-order valence-electron chi connectivity index (χ0n) is 17.1. The van der Waals surface area contributed by atoms with Crippen molar-refractivity contribution in [1.29, 1.82) is 0 Å². The molecule has 0 aliphatic carbocycles. The molecule has 1 aromatic heterocycles. The van der Waals surface area contributed by atoms with Gasteiger partial charge >= 0.3 is 0 Å². The van der Waals surface area contributed by atoms with Crippen molar-refractivity contribution >= 4 is 5.96 Å². The Balaban J connectivity index is 1.62. The topological polar surface area (TPSA) is 68.0 Å². The summed E-state index contributed by atoms with van der Waals surface area (Å²) in [5.41, 5.74) is 0.817. The molecule has 1 aliphatic rings. The van der Waals surface area contributed by atoms with E-state index >= 15 is 0 Å². The van der Waals surface area contributed by atoms with E-state index < -0.39 is 0 Å². The summed E-state index contributed by atoms with van der Waals surface area (Å²) in [7, 11) is 1.46. The fourth-order valence-corrected chi connectivity index (χ4v) is 3.30. The van der Waals surface area contributed by atoms with Crippen LogP contribution in [0.4, 0.5) is 4.39 Å². The van der Waals surface area contributed by atoms with E-state index in [2.05, 4.69) is 10.6 Å². The van der Waals surface area contributed by atoms with E-state index in [1.807, 2.05) is 25.1 Å². The Kier molecular flexibility index (Phi) is 7.93. The highest BCUT2D eigenvalue weighted by molar-refractivity contribution is 5.80. The summed E-state index contributed by atoms with van der Waals surface area (Å²) >= 11 is 0. The number of furan rings is 1. The number of guanidine groups is 1. The Bertz CT molecular complexity index is 774. The number of rotatable bonds is 8. The minimum absolute atomic E-state index is 0.127. The van der Waals surface area contributed by atoms with Crippen molar-refractivity contribution in [3.05, 3.63) is 53.7 Å². The number of aliphatic imine (C=N–C) groups is 1. The van der Waals surface area contributed by atoms with E-state index in [9.17, 15) is 4.39 Å². The zero-order valence-corrected chi connectivity index (χ0v) is 17.1. The molecule has 1 aromatic carbocycles. The van der Waals surface area contributed by atoms with E-state index in [1.54, 1.807) is 12.3 Å². The van der Waals surface area contributed by atoms with Gasteiger partial charge in [-0.05, 0) is 56.0 Å². The first-order valence-electron chi connectivity index (χ1n) is 10.2. The summed E-state index contributed by atoms with van der Waals surface area (Å²) in [6.45, 7) is 4.05. The van der Waals surface area contributed by atoms with Crippen molar-refractivity contribution in [3.8, 4) is 5.75 Å². The van der Waals surface area contributed by atoms with Crippen molar-refractivity contribution in [3.63, 3.8) is 0 Å². The third-order valence-corrected chi connectivity index (χ3v) is 5.00. The van der Waals surface area contributed by atoms with Crippen molar-refractivity contribution in [2.24, 2.45) is 4.99 Å². The Labute approximate surface area is 171 Å². The number of benzene rings is 1. The maximum atomic E-state index is 14.1. The molecule has 2 unspecified atom stereocenters. The normalized spacial score (nSPS) is 18.3. The number of methoxy groups -OCH3 is 1. The van der Waals surface area contributed by atoms with Gasteiger partial charge in [0.15, 0.2) is 17.5 Å². The Morgan fingerprint density at radius 3 is 2.93 bits per heavy atom. The van der Waals surface area contributed by atoms with E-state index in [-0.39, 0.29) is 23.7 Å². The van der Waals surface area contributed by atoms with Crippen LogP contribution in [0.1, 0.15) is 43.6 Å². The van der Waals surface area contributed by atoms with Gasteiger partial charge in [-0.2, -0.15) is 0 Å². The molecule has 158 valence electrons. The SMILES string of the molecule is COc1ccc(C(C)NC(=NCC2CCCCO2)NCCc2ccco2)cc1F. The lowest BCUT2D eigenvalue weighted by Gasteiger charge is -2.23. The number of nitrogens with one attached hydrogen (secondary N) is 2. The van der Waals surface area contributed by atoms with Crippen molar-refractivity contribution in [2.45, 2.75) is 44.8 Å². The minimum atomic E-state index is -0.376. The molecule has 1 aliphatic heterocycles. The molecule has 0 radical (unpaired) electrons. The second-order valence-electron chi connectivity index (χ2n) is 7.19. The smallest absolute Gasteiger partial charge is 0.191 e. The molecular formula is C22H30FN3O3. The Hall–Kier alpha value is -2.54. The molecule has 2 aromatic rings. The predicted molar refractivity (Wildman–Crippen MR) is 111 cm³/mol. The van der Waals surface area contributed by atoms with Crippen LogP contribution in [-0.2, 0) is 11.2 Å². The predicted octanol–water partition coefficient (Wildman–Crippen LogP) is 3.84. The fourth-order valence-electron chi connectivity index (χ4n) is 3.30. The molecule has 0 amide bonds. The maximum Gasteiger partial charge on any atom is 0.191 e. The highest BCUT2D eigenvalue weighted by Gasteiger charge is 2.15. The third-order valence-electron chi connectivity index (χ3n) is 5.00. The quantitative estimate of drug-likeness (QED) is 0.518. The van der Waals surface area contributed by atoms with E-state index in [1.165, 1.54) is 19.6 Å². The monoisotopic (exact) mass is 403 g/mol. The highest BCUT2D eigenvalue weighted by atomic mass is 19.1. The van der Waals surface area contributed by atoms with Gasteiger partial charge in [-0.3, -0.25) is 4.99 Å². The van der Waals surface area contributed by atoms with Crippen LogP contribution < -0.4 is 15.4 Å². The van der Waals surface area contributed by atoms with Gasteiger partial charge in [0.25, 0.3) is 0 Å². The van der Waals surface area contributed by atoms with E-state index in [4.69, 9.17) is 18.9 Å². The second kappa shape index (κ2) is 10.9. The molecule has 2 atom stereocenters. The van der Waals surface area contributed by atoms with Crippen LogP contribution in [0.5, 0.6) is 5.75 Å². The molecule has 1 fully saturated rings. The van der Waals surface area contributed by atoms with Crippen LogP contribution in [0.25, 0.3) is 0 Å². The van der Waals surface area contributed by atoms with Gasteiger partial charge in [-0.25, -0.2) is 4.39 Å². The van der Waals surface area contributed by atoms with Crippen LogP contribution in [0.15, 0.2) is 46.0 Å². The number of hydrogen-bond donors (Lipinski definition) is 2. The van der Waals surface area contributed by atoms with Crippen molar-refractivity contribution in [1.82, 2.24) is 10.6 Å². The Morgan fingerprint density at radius 1 is 1.34 bits per heavy atom. The molecule has 2 heterocycles. The van der Waals surface area contributed by atoms with Gasteiger partial charge < -0.3 is 24.5 Å². The summed E-state index contributed by atoms with van der Waals surface area (Å²) in [4.78, 5) is 4.71. The third kappa shape index (κ3) is 6.49. The lowest BCUT2D eigenvalue weighted by atomic mass is 10.1. The fraction of sp³-hybridized carbons (Fsp3) is 0.500. The standard InChI is InChI=1S/C22H30FN3O3/c1-16(17-8-9-21(27-2)20(23)14-17)26-22(24-11-10-18-7-5-13-28-18)25-15-19-6-3-4-12-29-19/h5,7-9,13-14,16,19H,3-4,6,10-12,15H2,1-2H3,(H2,24,25,26). The summed E-state index contributed by atoms with van der Waals surface area (Å²) in [5.74, 6) is 1.45. The van der Waals surface area contributed by atoms with Crippen LogP contribution in [0, 0.1) is 5.82 Å². The average molecular weight is 403 g/mol. The lowest BCUT2D eigenvalue weighted by molar-refractivity contribution is 0.0224.